The summed E-state index contributed by atoms with van der Waals surface area (Å²) in [5, 5.41) is 10.4. The van der Waals surface area contributed by atoms with Crippen molar-refractivity contribution >= 4 is 35.0 Å². The molecule has 2 N–H and O–H groups in total. The Balaban J connectivity index is 1.59. The molecule has 1 amide bonds. The second kappa shape index (κ2) is 8.07. The van der Waals surface area contributed by atoms with Crippen molar-refractivity contribution < 1.29 is 9.53 Å². The molecule has 2 aromatic rings. The lowest BCUT2D eigenvalue weighted by Gasteiger charge is -2.11. The van der Waals surface area contributed by atoms with Crippen molar-refractivity contribution in [1.82, 2.24) is 14.8 Å². The molecule has 0 unspecified atom stereocenters. The summed E-state index contributed by atoms with van der Waals surface area (Å²) >= 11 is 7.13. The molecule has 0 radical (unpaired) electrons. The number of nitrogens with one attached hydrogen (secondary N) is 2. The summed E-state index contributed by atoms with van der Waals surface area (Å²) in [5.41, 5.74) is 1.32. The maximum absolute atomic E-state index is 12.2. The van der Waals surface area contributed by atoms with Crippen molar-refractivity contribution in [3.8, 4) is 0 Å². The first-order valence-corrected chi connectivity index (χ1v) is 9.35. The highest BCUT2D eigenvalue weighted by Gasteiger charge is 2.20. The fourth-order valence-electron chi connectivity index (χ4n) is 2.65. The van der Waals surface area contributed by atoms with Crippen LogP contribution in [-0.2, 0) is 16.1 Å². The third-order valence-corrected chi connectivity index (χ3v) is 5.14. The molecule has 1 aliphatic heterocycles. The summed E-state index contributed by atoms with van der Waals surface area (Å²) in [5.74, 6) is -0.0210. The molecule has 1 aromatic heterocycles. The number of aromatic amines is 1. The quantitative estimate of drug-likeness (QED) is 0.749. The Kier molecular flexibility index (Phi) is 5.82. The smallest absolute Gasteiger partial charge is 0.344 e. The number of aryl methyl sites for hydroxylation is 1. The van der Waals surface area contributed by atoms with Gasteiger partial charge in [-0.2, -0.15) is 0 Å². The van der Waals surface area contributed by atoms with Gasteiger partial charge in [-0.1, -0.05) is 23.4 Å². The van der Waals surface area contributed by atoms with Crippen LogP contribution in [-0.4, -0.2) is 39.1 Å². The fraction of sp³-hybridized carbons (Fsp3) is 0.438. The Bertz CT molecular complexity index is 814. The van der Waals surface area contributed by atoms with E-state index in [1.807, 2.05) is 6.92 Å². The number of H-pyrrole nitrogens is 1. The lowest BCUT2D eigenvalue weighted by Crippen LogP contribution is -2.25. The van der Waals surface area contributed by atoms with Gasteiger partial charge in [-0.3, -0.25) is 9.36 Å². The van der Waals surface area contributed by atoms with Gasteiger partial charge in [0.05, 0.1) is 18.4 Å². The molecule has 9 heteroatoms. The lowest BCUT2D eigenvalue weighted by atomic mass is 10.2. The lowest BCUT2D eigenvalue weighted by molar-refractivity contribution is -0.113. The van der Waals surface area contributed by atoms with Crippen LogP contribution >= 0.6 is 23.4 Å². The van der Waals surface area contributed by atoms with Gasteiger partial charge in [0.15, 0.2) is 5.16 Å². The van der Waals surface area contributed by atoms with E-state index in [9.17, 15) is 9.59 Å². The van der Waals surface area contributed by atoms with Crippen LogP contribution in [0.3, 0.4) is 0 Å². The number of thioether (sulfide) groups is 1. The van der Waals surface area contributed by atoms with Gasteiger partial charge in [0.25, 0.3) is 0 Å². The number of hydrogen-bond donors (Lipinski definition) is 2. The number of rotatable bonds is 6. The van der Waals surface area contributed by atoms with E-state index in [0.29, 0.717) is 22.4 Å². The zero-order chi connectivity index (χ0) is 17.8. The molecular formula is C16H19ClN4O3S. The van der Waals surface area contributed by atoms with Crippen LogP contribution in [0.4, 0.5) is 5.69 Å². The van der Waals surface area contributed by atoms with Crippen molar-refractivity contribution in [2.75, 3.05) is 17.7 Å². The number of ether oxygens (including phenoxy) is 1. The third-order valence-electron chi connectivity index (χ3n) is 3.93. The molecule has 1 fully saturated rings. The van der Waals surface area contributed by atoms with Gasteiger partial charge >= 0.3 is 5.69 Å². The van der Waals surface area contributed by atoms with Gasteiger partial charge in [0, 0.05) is 17.3 Å². The predicted octanol–water partition coefficient (Wildman–Crippen LogP) is 2.44. The Hall–Kier alpha value is -1.77. The van der Waals surface area contributed by atoms with E-state index in [1.165, 1.54) is 16.3 Å². The first kappa shape index (κ1) is 18.0. The number of hydrogen-bond acceptors (Lipinski definition) is 5. The van der Waals surface area contributed by atoms with Gasteiger partial charge in [-0.15, -0.1) is 5.10 Å². The van der Waals surface area contributed by atoms with Crippen LogP contribution in [0.1, 0.15) is 18.4 Å². The third kappa shape index (κ3) is 4.65. The van der Waals surface area contributed by atoms with E-state index in [4.69, 9.17) is 16.3 Å². The molecular weight excluding hydrogens is 364 g/mol. The molecule has 0 saturated carbocycles. The minimum Gasteiger partial charge on any atom is -0.376 e. The van der Waals surface area contributed by atoms with Gasteiger partial charge in [-0.25, -0.2) is 9.89 Å². The molecule has 0 bridgehead atoms. The van der Waals surface area contributed by atoms with E-state index in [0.717, 1.165) is 25.0 Å². The maximum atomic E-state index is 12.2. The van der Waals surface area contributed by atoms with E-state index < -0.39 is 0 Å². The zero-order valence-corrected chi connectivity index (χ0v) is 15.3. The Morgan fingerprint density at radius 3 is 3.12 bits per heavy atom. The SMILES string of the molecule is Cc1cc(Cl)ccc1NC(=O)CSc1n[nH]c(=O)n1C[C@H]1CCCO1. The molecule has 134 valence electrons. The molecule has 0 spiro atoms. The molecule has 0 aliphatic carbocycles. The topological polar surface area (TPSA) is 89.0 Å². The summed E-state index contributed by atoms with van der Waals surface area (Å²) < 4.78 is 7.09. The van der Waals surface area contributed by atoms with E-state index in [1.54, 1.807) is 18.2 Å². The summed E-state index contributed by atoms with van der Waals surface area (Å²) in [7, 11) is 0. The van der Waals surface area contributed by atoms with Crippen molar-refractivity contribution in [3.05, 3.63) is 39.3 Å². The Morgan fingerprint density at radius 1 is 1.56 bits per heavy atom. The number of halogens is 1. The Labute approximate surface area is 154 Å². The molecule has 1 atom stereocenters. The molecule has 1 aromatic carbocycles. The van der Waals surface area contributed by atoms with Crippen molar-refractivity contribution in [2.24, 2.45) is 0 Å². The first-order chi connectivity index (χ1) is 12.0. The van der Waals surface area contributed by atoms with Crippen LogP contribution in [0.5, 0.6) is 0 Å². The molecule has 2 heterocycles. The monoisotopic (exact) mass is 382 g/mol. The van der Waals surface area contributed by atoms with Crippen LogP contribution < -0.4 is 11.0 Å². The summed E-state index contributed by atoms with van der Waals surface area (Å²) in [6.07, 6.45) is 1.96. The van der Waals surface area contributed by atoms with E-state index >= 15 is 0 Å². The first-order valence-electron chi connectivity index (χ1n) is 7.98. The van der Waals surface area contributed by atoms with Crippen molar-refractivity contribution in [2.45, 2.75) is 37.6 Å². The number of aromatic nitrogens is 3. The van der Waals surface area contributed by atoms with Gasteiger partial charge in [-0.05, 0) is 43.5 Å². The zero-order valence-electron chi connectivity index (χ0n) is 13.8. The van der Waals surface area contributed by atoms with Gasteiger partial charge in [0.2, 0.25) is 5.91 Å². The summed E-state index contributed by atoms with van der Waals surface area (Å²) in [4.78, 5) is 24.1. The van der Waals surface area contributed by atoms with E-state index in [2.05, 4.69) is 15.5 Å². The molecule has 1 aliphatic rings. The summed E-state index contributed by atoms with van der Waals surface area (Å²) in [6.45, 7) is 3.06. The standard InChI is InChI=1S/C16H19ClN4O3S/c1-10-7-11(17)4-5-13(10)18-14(22)9-25-16-20-19-15(23)21(16)8-12-3-2-6-24-12/h4-5,7,12H,2-3,6,8-9H2,1H3,(H,18,22)(H,19,23)/t12-/m1/s1. The fourth-order valence-corrected chi connectivity index (χ4v) is 3.63. The highest BCUT2D eigenvalue weighted by Crippen LogP contribution is 2.21. The van der Waals surface area contributed by atoms with Crippen molar-refractivity contribution in [3.63, 3.8) is 0 Å². The minimum absolute atomic E-state index is 0.0280. The number of anilines is 1. The largest absolute Gasteiger partial charge is 0.376 e. The average molecular weight is 383 g/mol. The number of amides is 1. The summed E-state index contributed by atoms with van der Waals surface area (Å²) in [6, 6.07) is 5.28. The van der Waals surface area contributed by atoms with Crippen LogP contribution in [0.2, 0.25) is 5.02 Å². The van der Waals surface area contributed by atoms with Crippen LogP contribution in [0.25, 0.3) is 0 Å². The highest BCUT2D eigenvalue weighted by molar-refractivity contribution is 7.99. The molecule has 7 nitrogen and oxygen atoms in total. The second-order valence-electron chi connectivity index (χ2n) is 5.85. The second-order valence-corrected chi connectivity index (χ2v) is 7.23. The Morgan fingerprint density at radius 2 is 2.40 bits per heavy atom. The normalized spacial score (nSPS) is 17.0. The molecule has 25 heavy (non-hydrogen) atoms. The highest BCUT2D eigenvalue weighted by atomic mass is 35.5. The number of nitrogens with zero attached hydrogens (tertiary/aromatic N) is 2. The molecule has 1 saturated heterocycles. The number of carbonyl (C=O) groups excluding carboxylic acids is 1. The maximum Gasteiger partial charge on any atom is 0.344 e. The predicted molar refractivity (Wildman–Crippen MR) is 97.4 cm³/mol. The van der Waals surface area contributed by atoms with Crippen molar-refractivity contribution in [1.29, 1.82) is 0 Å². The number of carbonyl (C=O) groups is 1. The molecule has 3 rings (SSSR count). The average Bonchev–Trinajstić information content (AvgIpc) is 3.20. The number of benzene rings is 1. The van der Waals surface area contributed by atoms with Crippen LogP contribution in [0.15, 0.2) is 28.2 Å². The van der Waals surface area contributed by atoms with Gasteiger partial charge < -0.3 is 10.1 Å². The minimum atomic E-state index is -0.285. The van der Waals surface area contributed by atoms with E-state index in [-0.39, 0.29) is 23.5 Å². The van der Waals surface area contributed by atoms with Gasteiger partial charge in [0.1, 0.15) is 0 Å². The van der Waals surface area contributed by atoms with Crippen LogP contribution in [0, 0.1) is 6.92 Å².